The summed E-state index contributed by atoms with van der Waals surface area (Å²) in [5.41, 5.74) is 1.47. The van der Waals surface area contributed by atoms with Crippen LogP contribution in [0, 0.1) is 0 Å². The van der Waals surface area contributed by atoms with E-state index in [0.717, 1.165) is 11.1 Å². The van der Waals surface area contributed by atoms with Gasteiger partial charge in [-0.25, -0.2) is 4.79 Å². The Labute approximate surface area is 124 Å². The zero-order valence-electron chi connectivity index (χ0n) is 12.8. The first kappa shape index (κ1) is 15.4. The van der Waals surface area contributed by atoms with Gasteiger partial charge < -0.3 is 14.8 Å². The molecule has 1 N–H and O–H groups in total. The summed E-state index contributed by atoms with van der Waals surface area (Å²) in [5, 5.41) is 2.81. The van der Waals surface area contributed by atoms with Crippen LogP contribution in [0.2, 0.25) is 0 Å². The Kier molecular flexibility index (Phi) is 4.21. The molecule has 1 aromatic rings. The molecule has 0 unspecified atom stereocenters. The number of fused-ring (bicyclic) bond motifs is 1. The van der Waals surface area contributed by atoms with E-state index >= 15 is 0 Å². The molecule has 2 atom stereocenters. The van der Waals surface area contributed by atoms with Crippen LogP contribution < -0.4 is 5.32 Å². The van der Waals surface area contributed by atoms with Gasteiger partial charge in [-0.1, -0.05) is 24.3 Å². The summed E-state index contributed by atoms with van der Waals surface area (Å²) in [7, 11) is 0. The van der Waals surface area contributed by atoms with Crippen LogP contribution in [-0.2, 0) is 20.7 Å². The third-order valence-corrected chi connectivity index (χ3v) is 3.17. The molecule has 0 aromatic heterocycles. The molecule has 0 aliphatic heterocycles. The molecule has 114 valence electrons. The molecule has 0 heterocycles. The predicted molar refractivity (Wildman–Crippen MR) is 77.8 cm³/mol. The Morgan fingerprint density at radius 2 is 1.90 bits per heavy atom. The lowest BCUT2D eigenvalue weighted by Crippen LogP contribution is -2.39. The van der Waals surface area contributed by atoms with Gasteiger partial charge in [0.15, 0.2) is 0 Å². The van der Waals surface area contributed by atoms with Crippen LogP contribution in [0.15, 0.2) is 24.3 Å². The van der Waals surface area contributed by atoms with Crippen molar-refractivity contribution in [3.8, 4) is 0 Å². The van der Waals surface area contributed by atoms with Crippen molar-refractivity contribution in [2.75, 3.05) is 0 Å². The van der Waals surface area contributed by atoms with E-state index in [4.69, 9.17) is 9.47 Å². The Hall–Kier alpha value is -2.04. The molecule has 1 aliphatic carbocycles. The first-order chi connectivity index (χ1) is 9.76. The maximum Gasteiger partial charge on any atom is 0.408 e. The summed E-state index contributed by atoms with van der Waals surface area (Å²) in [5.74, 6) is -0.358. The van der Waals surface area contributed by atoms with Gasteiger partial charge in [-0.3, -0.25) is 4.79 Å². The van der Waals surface area contributed by atoms with Gasteiger partial charge in [-0.2, -0.15) is 0 Å². The van der Waals surface area contributed by atoms with Gasteiger partial charge in [0.2, 0.25) is 0 Å². The first-order valence-electron chi connectivity index (χ1n) is 7.01. The number of nitrogens with one attached hydrogen (secondary N) is 1. The number of ether oxygens (including phenoxy) is 2. The minimum absolute atomic E-state index is 0.358. The molecule has 2 rings (SSSR count). The number of carbonyl (C=O) groups is 2. The molecule has 0 spiro atoms. The molecule has 0 saturated heterocycles. The van der Waals surface area contributed by atoms with Crippen LogP contribution in [0.1, 0.15) is 44.9 Å². The zero-order chi connectivity index (χ0) is 15.6. The maximum absolute atomic E-state index is 12.0. The van der Waals surface area contributed by atoms with E-state index in [1.807, 2.05) is 24.3 Å². The van der Waals surface area contributed by atoms with E-state index in [1.54, 1.807) is 20.8 Å². The standard InChI is InChI=1S/C16H21NO4/c1-10(18)20-13-9-11-7-5-6-8-12(11)14(13)17-15(19)21-16(2,3)4/h5-8,13-14H,9H2,1-4H3,(H,17,19)/t13-,14+/m1/s1. The normalized spacial score (nSPS) is 20.6. The fourth-order valence-electron chi connectivity index (χ4n) is 2.49. The van der Waals surface area contributed by atoms with E-state index in [9.17, 15) is 9.59 Å². The molecule has 5 nitrogen and oxygen atoms in total. The molecular weight excluding hydrogens is 270 g/mol. The molecule has 0 radical (unpaired) electrons. The quantitative estimate of drug-likeness (QED) is 0.851. The van der Waals surface area contributed by atoms with Crippen molar-refractivity contribution in [3.63, 3.8) is 0 Å². The summed E-state index contributed by atoms with van der Waals surface area (Å²) < 4.78 is 10.6. The predicted octanol–water partition coefficient (Wildman–Crippen LogP) is 2.74. The Balaban J connectivity index is 2.16. The van der Waals surface area contributed by atoms with Gasteiger partial charge in [0.25, 0.3) is 0 Å². The van der Waals surface area contributed by atoms with Crippen molar-refractivity contribution < 1.29 is 19.1 Å². The molecule has 21 heavy (non-hydrogen) atoms. The highest BCUT2D eigenvalue weighted by Crippen LogP contribution is 2.33. The first-order valence-corrected chi connectivity index (χ1v) is 7.01. The molecule has 0 saturated carbocycles. The minimum atomic E-state index is -0.570. The lowest BCUT2D eigenvalue weighted by molar-refractivity contribution is -0.147. The maximum atomic E-state index is 12.0. The van der Waals surface area contributed by atoms with E-state index in [0.29, 0.717) is 6.42 Å². The molecule has 0 fully saturated rings. The molecular formula is C16H21NO4. The fraction of sp³-hybridized carbons (Fsp3) is 0.500. The molecule has 0 bridgehead atoms. The number of amides is 1. The number of rotatable bonds is 2. The molecule has 1 aliphatic rings. The summed E-state index contributed by atoms with van der Waals surface area (Å²) in [6, 6.07) is 7.36. The zero-order valence-corrected chi connectivity index (χ0v) is 12.8. The number of benzene rings is 1. The SMILES string of the molecule is CC(=O)O[C@@H]1Cc2ccccc2[C@@H]1NC(=O)OC(C)(C)C. The number of alkyl carbamates (subject to hydrolysis) is 1. The Bertz CT molecular complexity index is 547. The summed E-state index contributed by atoms with van der Waals surface area (Å²) in [6.45, 7) is 6.78. The summed E-state index contributed by atoms with van der Waals surface area (Å²) in [6.07, 6.45) is -0.315. The van der Waals surface area contributed by atoms with Crippen molar-refractivity contribution in [1.82, 2.24) is 5.32 Å². The lowest BCUT2D eigenvalue weighted by Gasteiger charge is -2.25. The second-order valence-corrected chi connectivity index (χ2v) is 6.17. The van der Waals surface area contributed by atoms with E-state index < -0.39 is 17.8 Å². The van der Waals surface area contributed by atoms with Crippen LogP contribution in [0.3, 0.4) is 0 Å². The van der Waals surface area contributed by atoms with Crippen LogP contribution in [0.25, 0.3) is 0 Å². The van der Waals surface area contributed by atoms with Gasteiger partial charge in [-0.05, 0) is 31.9 Å². The third-order valence-electron chi connectivity index (χ3n) is 3.17. The summed E-state index contributed by atoms with van der Waals surface area (Å²) >= 11 is 0. The summed E-state index contributed by atoms with van der Waals surface area (Å²) in [4.78, 5) is 23.2. The van der Waals surface area contributed by atoms with Crippen molar-refractivity contribution in [2.24, 2.45) is 0 Å². The highest BCUT2D eigenvalue weighted by molar-refractivity contribution is 5.70. The topological polar surface area (TPSA) is 64.6 Å². The largest absolute Gasteiger partial charge is 0.460 e. The smallest absolute Gasteiger partial charge is 0.408 e. The number of carbonyl (C=O) groups excluding carboxylic acids is 2. The average Bonchev–Trinajstić information content (AvgIpc) is 2.64. The molecule has 5 heteroatoms. The monoisotopic (exact) mass is 291 g/mol. The van der Waals surface area contributed by atoms with Crippen molar-refractivity contribution in [3.05, 3.63) is 35.4 Å². The average molecular weight is 291 g/mol. The van der Waals surface area contributed by atoms with Crippen LogP contribution in [-0.4, -0.2) is 23.8 Å². The van der Waals surface area contributed by atoms with E-state index in [-0.39, 0.29) is 12.0 Å². The number of hydrogen-bond donors (Lipinski definition) is 1. The highest BCUT2D eigenvalue weighted by Gasteiger charge is 2.36. The van der Waals surface area contributed by atoms with E-state index in [1.165, 1.54) is 6.92 Å². The van der Waals surface area contributed by atoms with Crippen molar-refractivity contribution >= 4 is 12.1 Å². The molecule has 1 amide bonds. The van der Waals surface area contributed by atoms with Crippen LogP contribution >= 0.6 is 0 Å². The van der Waals surface area contributed by atoms with Crippen LogP contribution in [0.4, 0.5) is 4.79 Å². The second-order valence-electron chi connectivity index (χ2n) is 6.17. The highest BCUT2D eigenvalue weighted by atomic mass is 16.6. The molecule has 1 aromatic carbocycles. The number of esters is 1. The van der Waals surface area contributed by atoms with Gasteiger partial charge in [0.1, 0.15) is 11.7 Å². The lowest BCUT2D eigenvalue weighted by atomic mass is 10.1. The van der Waals surface area contributed by atoms with Gasteiger partial charge in [-0.15, -0.1) is 0 Å². The minimum Gasteiger partial charge on any atom is -0.460 e. The van der Waals surface area contributed by atoms with Gasteiger partial charge >= 0.3 is 12.1 Å². The third kappa shape index (κ3) is 3.97. The van der Waals surface area contributed by atoms with Crippen LogP contribution in [0.5, 0.6) is 0 Å². The van der Waals surface area contributed by atoms with Crippen molar-refractivity contribution in [1.29, 1.82) is 0 Å². The van der Waals surface area contributed by atoms with Gasteiger partial charge in [0.05, 0.1) is 6.04 Å². The Morgan fingerprint density at radius 3 is 2.52 bits per heavy atom. The van der Waals surface area contributed by atoms with Crippen molar-refractivity contribution in [2.45, 2.75) is 51.9 Å². The van der Waals surface area contributed by atoms with Gasteiger partial charge in [0, 0.05) is 13.3 Å². The Morgan fingerprint density at radius 1 is 1.24 bits per heavy atom. The number of hydrogen-bond acceptors (Lipinski definition) is 4. The second kappa shape index (κ2) is 5.76. The van der Waals surface area contributed by atoms with E-state index in [2.05, 4.69) is 5.32 Å². The fourth-order valence-corrected chi connectivity index (χ4v) is 2.49.